The van der Waals surface area contributed by atoms with Gasteiger partial charge in [-0.2, -0.15) is 0 Å². The zero-order valence-electron chi connectivity index (χ0n) is 11.6. The molecule has 0 fully saturated rings. The van der Waals surface area contributed by atoms with Crippen molar-refractivity contribution in [1.82, 2.24) is 10.3 Å². The summed E-state index contributed by atoms with van der Waals surface area (Å²) >= 11 is 0. The molecule has 2 aromatic carbocycles. The summed E-state index contributed by atoms with van der Waals surface area (Å²) in [4.78, 5) is 4.25. The van der Waals surface area contributed by atoms with E-state index in [1.165, 1.54) is 21.9 Å². The molecule has 100 valence electrons. The molecule has 0 aliphatic carbocycles. The quantitative estimate of drug-likeness (QED) is 0.770. The highest BCUT2D eigenvalue weighted by Crippen LogP contribution is 2.28. The van der Waals surface area contributed by atoms with E-state index in [2.05, 4.69) is 65.8 Å². The third-order valence-corrected chi connectivity index (χ3v) is 3.56. The molecule has 0 saturated heterocycles. The van der Waals surface area contributed by atoms with Crippen molar-refractivity contribution in [2.45, 2.75) is 13.0 Å². The van der Waals surface area contributed by atoms with Crippen molar-refractivity contribution in [3.8, 4) is 0 Å². The molecule has 2 nitrogen and oxygen atoms in total. The maximum absolute atomic E-state index is 4.25. The Morgan fingerprint density at radius 1 is 1.00 bits per heavy atom. The minimum Gasteiger partial charge on any atom is -0.306 e. The summed E-state index contributed by atoms with van der Waals surface area (Å²) in [6, 6.07) is 19.3. The highest BCUT2D eigenvalue weighted by Gasteiger charge is 2.15. The van der Waals surface area contributed by atoms with Crippen LogP contribution >= 0.6 is 0 Å². The van der Waals surface area contributed by atoms with Gasteiger partial charge >= 0.3 is 0 Å². The number of hydrogen-bond acceptors (Lipinski definition) is 2. The average molecular weight is 262 g/mol. The zero-order chi connectivity index (χ0) is 13.8. The summed E-state index contributed by atoms with van der Waals surface area (Å²) in [5.74, 6) is 0. The zero-order valence-corrected chi connectivity index (χ0v) is 11.6. The van der Waals surface area contributed by atoms with Crippen molar-refractivity contribution in [2.24, 2.45) is 0 Å². The van der Waals surface area contributed by atoms with E-state index >= 15 is 0 Å². The Labute approximate surface area is 119 Å². The largest absolute Gasteiger partial charge is 0.306 e. The maximum Gasteiger partial charge on any atom is 0.0598 e. The number of fused-ring (bicyclic) bond motifs is 1. The van der Waals surface area contributed by atoms with E-state index in [-0.39, 0.29) is 6.04 Å². The van der Waals surface area contributed by atoms with E-state index < -0.39 is 0 Å². The molecule has 3 rings (SSSR count). The molecule has 20 heavy (non-hydrogen) atoms. The minimum absolute atomic E-state index is 0.180. The minimum atomic E-state index is 0.180. The second-order valence-electron chi connectivity index (χ2n) is 4.85. The van der Waals surface area contributed by atoms with Crippen LogP contribution in [0.1, 0.15) is 24.1 Å². The van der Waals surface area contributed by atoms with Gasteiger partial charge in [-0.25, -0.2) is 0 Å². The highest BCUT2D eigenvalue weighted by molar-refractivity contribution is 5.86. The third-order valence-electron chi connectivity index (χ3n) is 3.56. The molecule has 1 atom stereocenters. The Morgan fingerprint density at radius 3 is 2.65 bits per heavy atom. The molecule has 0 aliphatic rings. The van der Waals surface area contributed by atoms with Crippen LogP contribution in [0.15, 0.2) is 67.0 Å². The first-order valence-electron chi connectivity index (χ1n) is 7.01. The molecule has 0 aliphatic heterocycles. The summed E-state index contributed by atoms with van der Waals surface area (Å²) in [7, 11) is 0. The highest BCUT2D eigenvalue weighted by atomic mass is 14.9. The summed E-state index contributed by atoms with van der Waals surface area (Å²) in [5.41, 5.74) is 2.50. The Hall–Kier alpha value is -2.19. The lowest BCUT2D eigenvalue weighted by molar-refractivity contribution is 0.632. The average Bonchev–Trinajstić information content (AvgIpc) is 2.53. The van der Waals surface area contributed by atoms with E-state index in [0.717, 1.165) is 6.54 Å². The van der Waals surface area contributed by atoms with E-state index in [1.807, 2.05) is 18.5 Å². The van der Waals surface area contributed by atoms with Gasteiger partial charge < -0.3 is 5.32 Å². The van der Waals surface area contributed by atoms with Crippen molar-refractivity contribution < 1.29 is 0 Å². The molecule has 2 heteroatoms. The van der Waals surface area contributed by atoms with Crippen LogP contribution in [-0.4, -0.2) is 11.5 Å². The summed E-state index contributed by atoms with van der Waals surface area (Å²) in [6.07, 6.45) is 3.75. The maximum atomic E-state index is 4.25. The van der Waals surface area contributed by atoms with Gasteiger partial charge in [-0.15, -0.1) is 0 Å². The van der Waals surface area contributed by atoms with E-state index in [4.69, 9.17) is 0 Å². The molecule has 1 N–H and O–H groups in total. The first kappa shape index (κ1) is 12.8. The number of nitrogens with one attached hydrogen (secondary N) is 1. The molecular formula is C18H18N2. The number of aromatic nitrogens is 1. The second kappa shape index (κ2) is 5.85. The van der Waals surface area contributed by atoms with E-state index in [9.17, 15) is 0 Å². The van der Waals surface area contributed by atoms with E-state index in [1.54, 1.807) is 0 Å². The first-order chi connectivity index (χ1) is 9.90. The molecule has 1 aromatic heterocycles. The van der Waals surface area contributed by atoms with Crippen LogP contribution in [0.3, 0.4) is 0 Å². The van der Waals surface area contributed by atoms with Crippen molar-refractivity contribution >= 4 is 10.8 Å². The van der Waals surface area contributed by atoms with Gasteiger partial charge in [0.1, 0.15) is 0 Å². The van der Waals surface area contributed by atoms with Crippen LogP contribution < -0.4 is 5.32 Å². The SMILES string of the molecule is CCN[C@@H](c1cccnc1)c1cccc2ccccc12. The van der Waals surface area contributed by atoms with Gasteiger partial charge in [0, 0.05) is 12.4 Å². The van der Waals surface area contributed by atoms with Crippen LogP contribution in [0, 0.1) is 0 Å². The van der Waals surface area contributed by atoms with Crippen LogP contribution in [0.2, 0.25) is 0 Å². The van der Waals surface area contributed by atoms with Crippen LogP contribution in [0.5, 0.6) is 0 Å². The van der Waals surface area contributed by atoms with Crippen LogP contribution in [0.4, 0.5) is 0 Å². The lowest BCUT2D eigenvalue weighted by Crippen LogP contribution is -2.22. The van der Waals surface area contributed by atoms with Gasteiger partial charge in [-0.05, 0) is 34.5 Å². The van der Waals surface area contributed by atoms with Crippen molar-refractivity contribution in [3.63, 3.8) is 0 Å². The van der Waals surface area contributed by atoms with Gasteiger partial charge in [0.15, 0.2) is 0 Å². The monoisotopic (exact) mass is 262 g/mol. The molecule has 0 unspecified atom stereocenters. The van der Waals surface area contributed by atoms with Gasteiger partial charge in [0.25, 0.3) is 0 Å². The predicted molar refractivity (Wildman–Crippen MR) is 83.7 cm³/mol. The molecule has 0 spiro atoms. The number of rotatable bonds is 4. The first-order valence-corrected chi connectivity index (χ1v) is 7.01. The van der Waals surface area contributed by atoms with Crippen molar-refractivity contribution in [2.75, 3.05) is 6.54 Å². The Bertz CT molecular complexity index is 687. The molecule has 0 amide bonds. The third kappa shape index (κ3) is 2.43. The Kier molecular flexibility index (Phi) is 3.75. The lowest BCUT2D eigenvalue weighted by atomic mass is 9.94. The fourth-order valence-electron chi connectivity index (χ4n) is 2.66. The lowest BCUT2D eigenvalue weighted by Gasteiger charge is -2.20. The van der Waals surface area contributed by atoms with E-state index in [0.29, 0.717) is 0 Å². The number of benzene rings is 2. The Balaban J connectivity index is 2.15. The normalized spacial score (nSPS) is 12.4. The second-order valence-corrected chi connectivity index (χ2v) is 4.85. The Morgan fingerprint density at radius 2 is 1.85 bits per heavy atom. The topological polar surface area (TPSA) is 24.9 Å². The molecule has 0 saturated carbocycles. The smallest absolute Gasteiger partial charge is 0.0598 e. The standard InChI is InChI=1S/C18H18N2/c1-2-20-18(15-9-6-12-19-13-15)17-11-5-8-14-7-3-4-10-16(14)17/h3-13,18,20H,2H2,1H3/t18-/m0/s1. The summed E-state index contributed by atoms with van der Waals surface area (Å²) in [5, 5.41) is 6.14. The molecule has 1 heterocycles. The van der Waals surface area contributed by atoms with Gasteiger partial charge in [-0.1, -0.05) is 55.5 Å². The summed E-state index contributed by atoms with van der Waals surface area (Å²) < 4.78 is 0. The van der Waals surface area contributed by atoms with Gasteiger partial charge in [-0.3, -0.25) is 4.98 Å². The number of hydrogen-bond donors (Lipinski definition) is 1. The van der Waals surface area contributed by atoms with Crippen LogP contribution in [-0.2, 0) is 0 Å². The van der Waals surface area contributed by atoms with Crippen molar-refractivity contribution in [1.29, 1.82) is 0 Å². The molecule has 0 bridgehead atoms. The summed E-state index contributed by atoms with van der Waals surface area (Å²) in [6.45, 7) is 3.05. The van der Waals surface area contributed by atoms with Crippen molar-refractivity contribution in [3.05, 3.63) is 78.1 Å². The van der Waals surface area contributed by atoms with Gasteiger partial charge in [0.05, 0.1) is 6.04 Å². The fourth-order valence-corrected chi connectivity index (χ4v) is 2.66. The molecular weight excluding hydrogens is 244 g/mol. The number of nitrogens with zero attached hydrogens (tertiary/aromatic N) is 1. The fraction of sp³-hybridized carbons (Fsp3) is 0.167. The van der Waals surface area contributed by atoms with Gasteiger partial charge in [0.2, 0.25) is 0 Å². The molecule has 3 aromatic rings. The molecule has 0 radical (unpaired) electrons. The number of pyridine rings is 1. The van der Waals surface area contributed by atoms with Crippen LogP contribution in [0.25, 0.3) is 10.8 Å². The predicted octanol–water partition coefficient (Wildman–Crippen LogP) is 3.93.